The lowest BCUT2D eigenvalue weighted by atomic mass is 10.3. The van der Waals surface area contributed by atoms with Gasteiger partial charge in [0.1, 0.15) is 0 Å². The molecule has 0 saturated carbocycles. The fourth-order valence-electron chi connectivity index (χ4n) is 1.63. The summed E-state index contributed by atoms with van der Waals surface area (Å²) in [4.78, 5) is 3.88. The van der Waals surface area contributed by atoms with Gasteiger partial charge in [0.15, 0.2) is 5.03 Å². The zero-order valence-electron chi connectivity index (χ0n) is 10.9. The third kappa shape index (κ3) is 3.41. The molecule has 8 heteroatoms. The molecule has 0 aliphatic heterocycles. The number of hydrazine groups is 1. The quantitative estimate of drug-likeness (QED) is 0.586. The van der Waals surface area contributed by atoms with Crippen LogP contribution in [0.2, 0.25) is 0 Å². The highest BCUT2D eigenvalue weighted by atomic mass is 32.2. The Morgan fingerprint density at radius 2 is 2.26 bits per heavy atom. The Morgan fingerprint density at radius 1 is 1.58 bits per heavy atom. The largest absolute Gasteiger partial charge is 0.321 e. The highest BCUT2D eigenvalue weighted by Gasteiger charge is 2.30. The number of sulfonamides is 1. The second-order valence-corrected chi connectivity index (χ2v) is 5.92. The van der Waals surface area contributed by atoms with Crippen LogP contribution in [0.15, 0.2) is 23.4 Å². The van der Waals surface area contributed by atoms with Crippen molar-refractivity contribution in [2.75, 3.05) is 12.0 Å². The molecule has 0 aromatic carbocycles. The van der Waals surface area contributed by atoms with Crippen molar-refractivity contribution in [2.24, 2.45) is 5.84 Å². The second-order valence-electron chi connectivity index (χ2n) is 4.12. The van der Waals surface area contributed by atoms with Gasteiger partial charge < -0.3 is 5.43 Å². The van der Waals surface area contributed by atoms with E-state index in [1.54, 1.807) is 19.9 Å². The standard InChI is InChI=1S/C11H17N5O2S/c1-9(2)16(8-4-6-12)19(17,18)11-10(15-13)5-3-7-14-11/h3,5,7,9,15H,4,8,13H2,1-2H3. The summed E-state index contributed by atoms with van der Waals surface area (Å²) in [5.41, 5.74) is 2.55. The Bertz CT molecular complexity index is 565. The zero-order chi connectivity index (χ0) is 14.5. The van der Waals surface area contributed by atoms with Gasteiger partial charge in [-0.1, -0.05) is 0 Å². The molecular formula is C11H17N5O2S. The van der Waals surface area contributed by atoms with Crippen molar-refractivity contribution in [3.05, 3.63) is 18.3 Å². The number of nitriles is 1. The molecule has 0 bridgehead atoms. The van der Waals surface area contributed by atoms with E-state index in [2.05, 4.69) is 10.4 Å². The summed E-state index contributed by atoms with van der Waals surface area (Å²) in [6, 6.07) is 4.78. The molecule has 0 atom stereocenters. The van der Waals surface area contributed by atoms with Crippen molar-refractivity contribution in [1.82, 2.24) is 9.29 Å². The number of nitrogens with zero attached hydrogens (tertiary/aromatic N) is 3. The van der Waals surface area contributed by atoms with E-state index >= 15 is 0 Å². The number of nitrogen functional groups attached to an aromatic ring is 1. The SMILES string of the molecule is CC(C)N(CCC#N)S(=O)(=O)c1ncccc1NN. The van der Waals surface area contributed by atoms with E-state index < -0.39 is 10.0 Å². The van der Waals surface area contributed by atoms with Crippen LogP contribution >= 0.6 is 0 Å². The lowest BCUT2D eigenvalue weighted by molar-refractivity contribution is 0.359. The molecule has 0 spiro atoms. The molecule has 0 aliphatic rings. The lowest BCUT2D eigenvalue weighted by Crippen LogP contribution is -2.38. The van der Waals surface area contributed by atoms with E-state index in [9.17, 15) is 8.42 Å². The van der Waals surface area contributed by atoms with E-state index in [-0.39, 0.29) is 29.7 Å². The van der Waals surface area contributed by atoms with Crippen LogP contribution in [0.4, 0.5) is 5.69 Å². The molecule has 1 rings (SSSR count). The minimum atomic E-state index is -3.79. The maximum atomic E-state index is 12.5. The average Bonchev–Trinajstić information content (AvgIpc) is 2.38. The monoisotopic (exact) mass is 283 g/mol. The lowest BCUT2D eigenvalue weighted by Gasteiger charge is -2.25. The first kappa shape index (κ1) is 15.4. The van der Waals surface area contributed by atoms with Crippen molar-refractivity contribution in [1.29, 1.82) is 5.26 Å². The topological polar surface area (TPSA) is 112 Å². The average molecular weight is 283 g/mol. The molecule has 0 saturated heterocycles. The van der Waals surface area contributed by atoms with Crippen molar-refractivity contribution in [3.8, 4) is 6.07 Å². The fourth-order valence-corrected chi connectivity index (χ4v) is 3.34. The second kappa shape index (κ2) is 6.47. The normalized spacial score (nSPS) is 11.6. The zero-order valence-corrected chi connectivity index (χ0v) is 11.7. The minimum absolute atomic E-state index is 0.121. The summed E-state index contributed by atoms with van der Waals surface area (Å²) >= 11 is 0. The van der Waals surface area contributed by atoms with Gasteiger partial charge >= 0.3 is 0 Å². The third-order valence-electron chi connectivity index (χ3n) is 2.50. The van der Waals surface area contributed by atoms with Crippen LogP contribution in [0.25, 0.3) is 0 Å². The van der Waals surface area contributed by atoms with Crippen LogP contribution in [0.1, 0.15) is 20.3 Å². The highest BCUT2D eigenvalue weighted by Crippen LogP contribution is 2.22. The van der Waals surface area contributed by atoms with Gasteiger partial charge in [-0.3, -0.25) is 5.84 Å². The van der Waals surface area contributed by atoms with Crippen LogP contribution in [0.5, 0.6) is 0 Å². The molecule has 7 nitrogen and oxygen atoms in total. The van der Waals surface area contributed by atoms with Gasteiger partial charge in [0.25, 0.3) is 10.0 Å². The molecule has 3 N–H and O–H groups in total. The van der Waals surface area contributed by atoms with E-state index in [4.69, 9.17) is 11.1 Å². The van der Waals surface area contributed by atoms with E-state index in [1.807, 2.05) is 6.07 Å². The van der Waals surface area contributed by atoms with Gasteiger partial charge in [0.2, 0.25) is 0 Å². The molecule has 1 heterocycles. The van der Waals surface area contributed by atoms with Crippen LogP contribution in [0, 0.1) is 11.3 Å². The van der Waals surface area contributed by atoms with Gasteiger partial charge in [0.05, 0.1) is 11.8 Å². The number of aromatic nitrogens is 1. The Kier molecular flexibility index (Phi) is 5.23. The van der Waals surface area contributed by atoms with Gasteiger partial charge in [-0.2, -0.15) is 9.57 Å². The smallest absolute Gasteiger partial charge is 0.262 e. The number of hydrogen-bond acceptors (Lipinski definition) is 6. The predicted octanol–water partition coefficient (Wildman–Crippen LogP) is 0.680. The number of nitrogens with two attached hydrogens (primary N) is 1. The summed E-state index contributed by atoms with van der Waals surface area (Å²) in [6.07, 6.45) is 1.51. The van der Waals surface area contributed by atoms with Gasteiger partial charge in [-0.05, 0) is 26.0 Å². The van der Waals surface area contributed by atoms with Gasteiger partial charge in [-0.15, -0.1) is 0 Å². The molecule has 19 heavy (non-hydrogen) atoms. The number of rotatable bonds is 6. The van der Waals surface area contributed by atoms with Crippen molar-refractivity contribution >= 4 is 15.7 Å². The van der Waals surface area contributed by atoms with Crippen molar-refractivity contribution in [2.45, 2.75) is 31.3 Å². The van der Waals surface area contributed by atoms with Gasteiger partial charge in [0, 0.05) is 25.2 Å². The molecule has 0 unspecified atom stereocenters. The molecule has 0 aliphatic carbocycles. The predicted molar refractivity (Wildman–Crippen MR) is 71.3 cm³/mol. The first-order valence-corrected chi connectivity index (χ1v) is 7.19. The number of nitrogens with one attached hydrogen (secondary N) is 1. The molecular weight excluding hydrogens is 266 g/mol. The Hall–Kier alpha value is -1.69. The molecule has 0 fully saturated rings. The maximum Gasteiger partial charge on any atom is 0.262 e. The van der Waals surface area contributed by atoms with E-state index in [0.717, 1.165) is 0 Å². The van der Waals surface area contributed by atoms with Gasteiger partial charge in [-0.25, -0.2) is 13.4 Å². The molecule has 1 aromatic rings. The van der Waals surface area contributed by atoms with Crippen LogP contribution in [-0.4, -0.2) is 30.3 Å². The fraction of sp³-hybridized carbons (Fsp3) is 0.455. The molecule has 1 aromatic heterocycles. The number of pyridine rings is 1. The first-order valence-electron chi connectivity index (χ1n) is 5.75. The summed E-state index contributed by atoms with van der Waals surface area (Å²) in [7, 11) is -3.79. The Labute approximate surface area is 113 Å². The first-order chi connectivity index (χ1) is 8.95. The maximum absolute atomic E-state index is 12.5. The highest BCUT2D eigenvalue weighted by molar-refractivity contribution is 7.89. The summed E-state index contributed by atoms with van der Waals surface area (Å²) in [5.74, 6) is 5.30. The van der Waals surface area contributed by atoms with E-state index in [1.165, 1.54) is 16.6 Å². The van der Waals surface area contributed by atoms with E-state index in [0.29, 0.717) is 0 Å². The third-order valence-corrected chi connectivity index (χ3v) is 4.54. The van der Waals surface area contributed by atoms with Crippen LogP contribution in [0.3, 0.4) is 0 Å². The summed E-state index contributed by atoms with van der Waals surface area (Å²) in [5, 5.41) is 8.48. The number of hydrogen-bond donors (Lipinski definition) is 2. The Balaban J connectivity index is 3.23. The molecule has 0 amide bonds. The molecule has 0 radical (unpaired) electrons. The van der Waals surface area contributed by atoms with Crippen LogP contribution in [-0.2, 0) is 10.0 Å². The van der Waals surface area contributed by atoms with Crippen molar-refractivity contribution in [3.63, 3.8) is 0 Å². The summed E-state index contributed by atoms with van der Waals surface area (Å²) < 4.78 is 26.3. The van der Waals surface area contributed by atoms with Crippen LogP contribution < -0.4 is 11.3 Å². The molecule has 104 valence electrons. The minimum Gasteiger partial charge on any atom is -0.321 e. The Morgan fingerprint density at radius 3 is 2.79 bits per heavy atom. The number of anilines is 1. The van der Waals surface area contributed by atoms with Crippen molar-refractivity contribution < 1.29 is 8.42 Å². The summed E-state index contributed by atoms with van der Waals surface area (Å²) in [6.45, 7) is 3.61.